The van der Waals surface area contributed by atoms with Crippen molar-refractivity contribution in [2.45, 2.75) is 0 Å². The highest BCUT2D eigenvalue weighted by Crippen LogP contribution is 2.43. The lowest BCUT2D eigenvalue weighted by Gasteiger charge is -2.29. The van der Waals surface area contributed by atoms with Crippen molar-refractivity contribution in [1.29, 1.82) is 0 Å². The van der Waals surface area contributed by atoms with Gasteiger partial charge in [-0.15, -0.1) is 0 Å². The fraction of sp³-hybridized carbons (Fsp3) is 0. The molecule has 76 heavy (non-hydrogen) atoms. The first-order chi connectivity index (χ1) is 37.7. The van der Waals surface area contributed by atoms with Crippen molar-refractivity contribution in [3.8, 4) is 44.8 Å². The molecule has 0 fully saturated rings. The molecule has 0 atom stereocenters. The molecule has 3 heterocycles. The molecule has 0 amide bonds. The summed E-state index contributed by atoms with van der Waals surface area (Å²) in [5.74, 6) is 0. The number of hydrogen-bond acceptors (Lipinski definition) is 3. The summed E-state index contributed by atoms with van der Waals surface area (Å²) in [4.78, 5) is 9.56. The smallest absolute Gasteiger partial charge is 0.145 e. The van der Waals surface area contributed by atoms with Crippen molar-refractivity contribution < 1.29 is 0 Å². The standard InChI is InChI=1S/C71H49N5/c1-5-17-50(18-6-1)51-30-38-60(39-31-51)74(61-42-34-52(35-43-61)54-36-44-69-66(47-54)64-27-13-14-29-68(64)75(69)57-21-9-3-10-22-57)63-26-15-25-62(49-63)73(56-19-7-2-8-20-56)59-40-32-53(33-41-59)55-37-45-70-67(48-55)65-28-16-46-72-71(65)76(70)58-23-11-4-12-24-58/h1-49H. The van der Waals surface area contributed by atoms with Gasteiger partial charge in [-0.3, -0.25) is 4.57 Å². The fourth-order valence-electron chi connectivity index (χ4n) is 11.2. The summed E-state index contributed by atoms with van der Waals surface area (Å²) >= 11 is 0. The van der Waals surface area contributed by atoms with E-state index in [4.69, 9.17) is 4.98 Å². The summed E-state index contributed by atoms with van der Waals surface area (Å²) in [6, 6.07) is 105. The Kier molecular flexibility index (Phi) is 11.1. The summed E-state index contributed by atoms with van der Waals surface area (Å²) in [5, 5.41) is 4.78. The molecule has 0 spiro atoms. The lowest BCUT2D eigenvalue weighted by molar-refractivity contribution is 1.14. The van der Waals surface area contributed by atoms with Crippen LogP contribution in [0.25, 0.3) is 88.5 Å². The summed E-state index contributed by atoms with van der Waals surface area (Å²) in [5.41, 5.74) is 20.1. The highest BCUT2D eigenvalue weighted by Gasteiger charge is 2.20. The molecule has 0 unspecified atom stereocenters. The van der Waals surface area contributed by atoms with Crippen LogP contribution in [0.15, 0.2) is 297 Å². The van der Waals surface area contributed by atoms with Crippen LogP contribution in [0.1, 0.15) is 0 Å². The molecule has 0 radical (unpaired) electrons. The first kappa shape index (κ1) is 44.5. The van der Waals surface area contributed by atoms with E-state index in [0.717, 1.165) is 78.7 Å². The Balaban J connectivity index is 0.836. The molecule has 0 N–H and O–H groups in total. The third kappa shape index (κ3) is 7.95. The van der Waals surface area contributed by atoms with Gasteiger partial charge >= 0.3 is 0 Å². The molecule has 358 valence electrons. The van der Waals surface area contributed by atoms with Gasteiger partial charge in [-0.25, -0.2) is 4.98 Å². The lowest BCUT2D eigenvalue weighted by atomic mass is 10.0. The zero-order chi connectivity index (χ0) is 50.4. The van der Waals surface area contributed by atoms with Crippen LogP contribution in [-0.4, -0.2) is 14.1 Å². The van der Waals surface area contributed by atoms with E-state index < -0.39 is 0 Å². The van der Waals surface area contributed by atoms with Crippen molar-refractivity contribution in [2.75, 3.05) is 9.80 Å². The van der Waals surface area contributed by atoms with Crippen LogP contribution in [0.3, 0.4) is 0 Å². The number of nitrogens with zero attached hydrogens (tertiary/aromatic N) is 5. The molecule has 0 saturated carbocycles. The van der Waals surface area contributed by atoms with Crippen LogP contribution in [0.4, 0.5) is 34.1 Å². The predicted octanol–water partition coefficient (Wildman–Crippen LogP) is 19.2. The molecule has 0 aliphatic carbocycles. The third-order valence-corrected chi connectivity index (χ3v) is 14.7. The van der Waals surface area contributed by atoms with Gasteiger partial charge in [0.1, 0.15) is 5.65 Å². The van der Waals surface area contributed by atoms with Crippen LogP contribution in [0.5, 0.6) is 0 Å². The quantitative estimate of drug-likeness (QED) is 0.129. The van der Waals surface area contributed by atoms with E-state index >= 15 is 0 Å². The van der Waals surface area contributed by atoms with Crippen molar-refractivity contribution in [3.63, 3.8) is 0 Å². The Morgan fingerprint density at radius 3 is 1.18 bits per heavy atom. The molecule has 14 aromatic rings. The van der Waals surface area contributed by atoms with Crippen LogP contribution >= 0.6 is 0 Å². The third-order valence-electron chi connectivity index (χ3n) is 14.7. The van der Waals surface area contributed by atoms with E-state index in [1.807, 2.05) is 12.3 Å². The molecule has 0 bridgehead atoms. The Bertz CT molecular complexity index is 4360. The second-order valence-electron chi connectivity index (χ2n) is 19.2. The van der Waals surface area contributed by atoms with Gasteiger partial charge in [-0.05, 0) is 167 Å². The SMILES string of the molecule is c1ccc(-c2ccc(N(c3ccc(-c4ccc5c(c4)c4ccccc4n5-c4ccccc4)cc3)c3cccc(N(c4ccccc4)c4ccc(-c5ccc6c(c5)c5cccnc5n6-c5ccccc5)cc4)c3)cc2)cc1. The van der Waals surface area contributed by atoms with E-state index in [1.54, 1.807) is 0 Å². The van der Waals surface area contributed by atoms with Gasteiger partial charge in [0.15, 0.2) is 0 Å². The average molecular weight is 972 g/mol. The highest BCUT2D eigenvalue weighted by atomic mass is 15.2. The number of aromatic nitrogens is 3. The number of para-hydroxylation sites is 4. The van der Waals surface area contributed by atoms with E-state index in [2.05, 4.69) is 304 Å². The average Bonchev–Trinajstić information content (AvgIpc) is 4.07. The van der Waals surface area contributed by atoms with Gasteiger partial charge in [0.2, 0.25) is 0 Å². The minimum absolute atomic E-state index is 0.953. The molecule has 11 aromatic carbocycles. The first-order valence-electron chi connectivity index (χ1n) is 25.9. The van der Waals surface area contributed by atoms with Crippen molar-refractivity contribution >= 4 is 77.9 Å². The fourth-order valence-corrected chi connectivity index (χ4v) is 11.2. The van der Waals surface area contributed by atoms with E-state index in [0.29, 0.717) is 0 Å². The second kappa shape index (κ2) is 19.0. The van der Waals surface area contributed by atoms with Gasteiger partial charge < -0.3 is 14.4 Å². The van der Waals surface area contributed by atoms with Gasteiger partial charge in [0, 0.05) is 73.2 Å². The van der Waals surface area contributed by atoms with Gasteiger partial charge in [-0.2, -0.15) is 0 Å². The maximum atomic E-state index is 4.84. The Hall–Kier alpha value is -10.2. The van der Waals surface area contributed by atoms with Gasteiger partial charge in [-0.1, -0.05) is 158 Å². The van der Waals surface area contributed by atoms with Crippen molar-refractivity contribution in [1.82, 2.24) is 14.1 Å². The van der Waals surface area contributed by atoms with Crippen molar-refractivity contribution in [2.24, 2.45) is 0 Å². The van der Waals surface area contributed by atoms with Crippen LogP contribution < -0.4 is 9.80 Å². The lowest BCUT2D eigenvalue weighted by Crippen LogP contribution is -2.13. The number of anilines is 6. The van der Waals surface area contributed by atoms with E-state index in [9.17, 15) is 0 Å². The monoisotopic (exact) mass is 971 g/mol. The second-order valence-corrected chi connectivity index (χ2v) is 19.2. The van der Waals surface area contributed by atoms with E-state index in [1.165, 1.54) is 43.9 Å². The van der Waals surface area contributed by atoms with Gasteiger partial charge in [0.05, 0.1) is 16.6 Å². The predicted molar refractivity (Wildman–Crippen MR) is 319 cm³/mol. The first-order valence-corrected chi connectivity index (χ1v) is 25.9. The molecule has 14 rings (SSSR count). The summed E-state index contributed by atoms with van der Waals surface area (Å²) in [6.07, 6.45) is 1.88. The van der Waals surface area contributed by atoms with Crippen LogP contribution in [-0.2, 0) is 0 Å². The Morgan fingerprint density at radius 1 is 0.237 bits per heavy atom. The summed E-state index contributed by atoms with van der Waals surface area (Å²) in [7, 11) is 0. The number of rotatable bonds is 11. The molecule has 0 aliphatic heterocycles. The number of fused-ring (bicyclic) bond motifs is 6. The molecular formula is C71H49N5. The molecule has 5 nitrogen and oxygen atoms in total. The Morgan fingerprint density at radius 2 is 0.618 bits per heavy atom. The minimum Gasteiger partial charge on any atom is -0.310 e. The number of pyridine rings is 1. The van der Waals surface area contributed by atoms with Gasteiger partial charge in [0.25, 0.3) is 0 Å². The summed E-state index contributed by atoms with van der Waals surface area (Å²) in [6.45, 7) is 0. The topological polar surface area (TPSA) is 29.2 Å². The number of benzene rings is 11. The molecule has 3 aromatic heterocycles. The zero-order valence-electron chi connectivity index (χ0n) is 41.5. The molecule has 0 aliphatic rings. The zero-order valence-corrected chi connectivity index (χ0v) is 41.5. The van der Waals surface area contributed by atoms with Crippen LogP contribution in [0.2, 0.25) is 0 Å². The maximum Gasteiger partial charge on any atom is 0.145 e. The molecular weight excluding hydrogens is 923 g/mol. The molecule has 0 saturated heterocycles. The maximum absolute atomic E-state index is 4.84. The Labute approximate surface area is 441 Å². The van der Waals surface area contributed by atoms with E-state index in [-0.39, 0.29) is 0 Å². The van der Waals surface area contributed by atoms with Crippen molar-refractivity contribution in [3.05, 3.63) is 297 Å². The largest absolute Gasteiger partial charge is 0.310 e. The normalized spacial score (nSPS) is 11.4. The minimum atomic E-state index is 0.953. The van der Waals surface area contributed by atoms with Crippen LogP contribution in [0, 0.1) is 0 Å². The number of hydrogen-bond donors (Lipinski definition) is 0. The molecule has 5 heteroatoms. The summed E-state index contributed by atoms with van der Waals surface area (Å²) < 4.78 is 4.63. The highest BCUT2D eigenvalue weighted by molar-refractivity contribution is 6.11.